The first-order valence-corrected chi connectivity index (χ1v) is 9.92. The van der Waals surface area contributed by atoms with E-state index < -0.39 is 10.0 Å². The van der Waals surface area contributed by atoms with E-state index in [2.05, 4.69) is 4.72 Å². The molecule has 1 heterocycles. The first kappa shape index (κ1) is 18.4. The number of carbonyl (C=O) groups is 1. The van der Waals surface area contributed by atoms with Crippen LogP contribution in [0.4, 0.5) is 5.69 Å². The molecule has 2 aromatic carbocycles. The van der Waals surface area contributed by atoms with Crippen molar-refractivity contribution in [2.24, 2.45) is 0 Å². The molecule has 0 aromatic heterocycles. The summed E-state index contributed by atoms with van der Waals surface area (Å²) in [6.45, 7) is 5.71. The van der Waals surface area contributed by atoms with Gasteiger partial charge in [0.1, 0.15) is 0 Å². The predicted octanol–water partition coefficient (Wildman–Crippen LogP) is 2.58. The predicted molar refractivity (Wildman–Crippen MR) is 99.9 cm³/mol. The minimum Gasteiger partial charge on any atom is -0.378 e. The summed E-state index contributed by atoms with van der Waals surface area (Å²) in [6, 6.07) is 11.8. The number of carbonyl (C=O) groups excluding carboxylic acids is 1. The Morgan fingerprint density at radius 2 is 1.81 bits per heavy atom. The molecule has 1 aliphatic rings. The molecule has 0 bridgehead atoms. The van der Waals surface area contributed by atoms with Gasteiger partial charge in [-0.3, -0.25) is 9.52 Å². The number of nitrogens with one attached hydrogen (secondary N) is 1. The fraction of sp³-hybridized carbons (Fsp3) is 0.316. The Morgan fingerprint density at radius 3 is 2.50 bits per heavy atom. The molecule has 138 valence electrons. The van der Waals surface area contributed by atoms with Crippen LogP contribution in [0.5, 0.6) is 0 Å². The van der Waals surface area contributed by atoms with Crippen molar-refractivity contribution in [3.05, 3.63) is 59.2 Å². The second kappa shape index (κ2) is 7.47. The van der Waals surface area contributed by atoms with E-state index in [0.29, 0.717) is 37.6 Å². The van der Waals surface area contributed by atoms with Gasteiger partial charge in [-0.05, 0) is 49.2 Å². The summed E-state index contributed by atoms with van der Waals surface area (Å²) in [5.74, 6) is -0.168. The van der Waals surface area contributed by atoms with E-state index in [4.69, 9.17) is 4.74 Å². The maximum absolute atomic E-state index is 12.8. The average molecular weight is 374 g/mol. The molecule has 0 saturated carbocycles. The quantitative estimate of drug-likeness (QED) is 0.892. The van der Waals surface area contributed by atoms with Crippen LogP contribution in [-0.2, 0) is 14.8 Å². The van der Waals surface area contributed by atoms with Crippen molar-refractivity contribution in [1.82, 2.24) is 4.90 Å². The molecule has 0 spiro atoms. The second-order valence-electron chi connectivity index (χ2n) is 6.36. The topological polar surface area (TPSA) is 75.7 Å². The molecule has 1 N–H and O–H groups in total. The van der Waals surface area contributed by atoms with Crippen LogP contribution in [0.15, 0.2) is 47.4 Å². The van der Waals surface area contributed by atoms with E-state index in [0.717, 1.165) is 11.1 Å². The Hall–Kier alpha value is -2.38. The third-order valence-electron chi connectivity index (χ3n) is 4.32. The monoisotopic (exact) mass is 374 g/mol. The van der Waals surface area contributed by atoms with Crippen LogP contribution in [0.25, 0.3) is 0 Å². The van der Waals surface area contributed by atoms with Crippen molar-refractivity contribution in [3.8, 4) is 0 Å². The normalized spacial score (nSPS) is 14.9. The number of hydrogen-bond donors (Lipinski definition) is 1. The molecule has 26 heavy (non-hydrogen) atoms. The van der Waals surface area contributed by atoms with Crippen LogP contribution in [0.1, 0.15) is 21.5 Å². The van der Waals surface area contributed by atoms with Crippen LogP contribution in [0.2, 0.25) is 0 Å². The minimum absolute atomic E-state index is 0.0706. The van der Waals surface area contributed by atoms with Crippen LogP contribution in [0, 0.1) is 13.8 Å². The van der Waals surface area contributed by atoms with Gasteiger partial charge in [0.15, 0.2) is 0 Å². The van der Waals surface area contributed by atoms with Gasteiger partial charge in [-0.1, -0.05) is 18.2 Å². The van der Waals surface area contributed by atoms with Gasteiger partial charge in [-0.25, -0.2) is 8.42 Å². The van der Waals surface area contributed by atoms with Gasteiger partial charge >= 0.3 is 0 Å². The highest BCUT2D eigenvalue weighted by Gasteiger charge is 2.23. The van der Waals surface area contributed by atoms with Crippen LogP contribution in [-0.4, -0.2) is 45.5 Å². The zero-order valence-electron chi connectivity index (χ0n) is 14.9. The van der Waals surface area contributed by atoms with Crippen molar-refractivity contribution in [2.45, 2.75) is 18.7 Å². The number of anilines is 1. The number of morpholine rings is 1. The zero-order chi connectivity index (χ0) is 18.7. The standard InChI is InChI=1S/C19H22N2O4S/c1-14-4-3-5-16(12-14)20-26(23,24)17-7-6-15(2)18(13-17)19(22)21-8-10-25-11-9-21/h3-7,12-13,20H,8-11H2,1-2H3. The number of ether oxygens (including phenoxy) is 1. The fourth-order valence-electron chi connectivity index (χ4n) is 2.86. The van der Waals surface area contributed by atoms with Gasteiger partial charge in [-0.15, -0.1) is 0 Å². The molecule has 1 saturated heterocycles. The molecular weight excluding hydrogens is 352 g/mol. The third kappa shape index (κ3) is 4.05. The van der Waals surface area contributed by atoms with Gasteiger partial charge < -0.3 is 9.64 Å². The van der Waals surface area contributed by atoms with Crippen molar-refractivity contribution in [2.75, 3.05) is 31.0 Å². The van der Waals surface area contributed by atoms with Crippen molar-refractivity contribution in [3.63, 3.8) is 0 Å². The van der Waals surface area contributed by atoms with Crippen molar-refractivity contribution < 1.29 is 17.9 Å². The molecule has 0 unspecified atom stereocenters. The number of benzene rings is 2. The molecule has 0 aliphatic carbocycles. The number of nitrogens with zero attached hydrogens (tertiary/aromatic N) is 1. The minimum atomic E-state index is -3.78. The zero-order valence-corrected chi connectivity index (χ0v) is 15.7. The molecular formula is C19H22N2O4S. The van der Waals surface area contributed by atoms with E-state index in [9.17, 15) is 13.2 Å². The highest BCUT2D eigenvalue weighted by atomic mass is 32.2. The lowest BCUT2D eigenvalue weighted by atomic mass is 10.1. The summed E-state index contributed by atoms with van der Waals surface area (Å²) < 4.78 is 33.3. The van der Waals surface area contributed by atoms with Crippen molar-refractivity contribution in [1.29, 1.82) is 0 Å². The summed E-state index contributed by atoms with van der Waals surface area (Å²) in [4.78, 5) is 14.5. The highest BCUT2D eigenvalue weighted by molar-refractivity contribution is 7.92. The maximum atomic E-state index is 12.8. The van der Waals surface area contributed by atoms with Gasteiger partial charge in [0.2, 0.25) is 0 Å². The van der Waals surface area contributed by atoms with Gasteiger partial charge in [-0.2, -0.15) is 0 Å². The van der Waals surface area contributed by atoms with Crippen molar-refractivity contribution >= 4 is 21.6 Å². The largest absolute Gasteiger partial charge is 0.378 e. The molecule has 6 nitrogen and oxygen atoms in total. The number of hydrogen-bond acceptors (Lipinski definition) is 4. The molecule has 1 aliphatic heterocycles. The second-order valence-corrected chi connectivity index (χ2v) is 8.04. The van der Waals surface area contributed by atoms with Crippen LogP contribution < -0.4 is 4.72 Å². The molecule has 1 amide bonds. The smallest absolute Gasteiger partial charge is 0.261 e. The van der Waals surface area contributed by atoms with E-state index in [1.807, 2.05) is 13.0 Å². The molecule has 2 aromatic rings. The number of sulfonamides is 1. The fourth-order valence-corrected chi connectivity index (χ4v) is 3.93. The summed E-state index contributed by atoms with van der Waals surface area (Å²) >= 11 is 0. The summed E-state index contributed by atoms with van der Waals surface area (Å²) in [7, 11) is -3.78. The Kier molecular flexibility index (Phi) is 5.29. The van der Waals surface area contributed by atoms with Gasteiger partial charge in [0.05, 0.1) is 18.1 Å². The lowest BCUT2D eigenvalue weighted by Gasteiger charge is -2.27. The van der Waals surface area contributed by atoms with E-state index in [-0.39, 0.29) is 10.8 Å². The third-order valence-corrected chi connectivity index (χ3v) is 5.70. The number of aryl methyl sites for hydroxylation is 2. The molecule has 0 atom stereocenters. The summed E-state index contributed by atoms with van der Waals surface area (Å²) in [5, 5.41) is 0. The first-order chi connectivity index (χ1) is 12.4. The van der Waals surface area contributed by atoms with Crippen LogP contribution in [0.3, 0.4) is 0 Å². The molecule has 7 heteroatoms. The lowest BCUT2D eigenvalue weighted by molar-refractivity contribution is 0.0302. The van der Waals surface area contributed by atoms with E-state index in [1.54, 1.807) is 36.1 Å². The Bertz CT molecular complexity index is 919. The number of rotatable bonds is 4. The SMILES string of the molecule is Cc1cccc(NS(=O)(=O)c2ccc(C)c(C(=O)N3CCOCC3)c2)c1. The Morgan fingerprint density at radius 1 is 1.08 bits per heavy atom. The lowest BCUT2D eigenvalue weighted by Crippen LogP contribution is -2.41. The Balaban J connectivity index is 1.89. The molecule has 1 fully saturated rings. The van der Waals surface area contributed by atoms with E-state index >= 15 is 0 Å². The van der Waals surface area contributed by atoms with Crippen LogP contribution >= 0.6 is 0 Å². The first-order valence-electron chi connectivity index (χ1n) is 8.44. The highest BCUT2D eigenvalue weighted by Crippen LogP contribution is 2.21. The van der Waals surface area contributed by atoms with Gasteiger partial charge in [0, 0.05) is 24.3 Å². The average Bonchev–Trinajstić information content (AvgIpc) is 2.62. The summed E-state index contributed by atoms with van der Waals surface area (Å²) in [6.07, 6.45) is 0. The van der Waals surface area contributed by atoms with Gasteiger partial charge in [0.25, 0.3) is 15.9 Å². The Labute approximate surface area is 153 Å². The molecule has 0 radical (unpaired) electrons. The summed E-state index contributed by atoms with van der Waals surface area (Å²) in [5.41, 5.74) is 2.60. The van der Waals surface area contributed by atoms with E-state index in [1.165, 1.54) is 12.1 Å². The number of amides is 1. The molecule has 3 rings (SSSR count). The maximum Gasteiger partial charge on any atom is 0.261 e.